The molecule has 0 aliphatic carbocycles. The lowest BCUT2D eigenvalue weighted by molar-refractivity contribution is -0.137. The fourth-order valence-electron chi connectivity index (χ4n) is 2.29. The molecule has 2 rings (SSSR count). The van der Waals surface area contributed by atoms with Crippen LogP contribution in [-0.4, -0.2) is 30.3 Å². The van der Waals surface area contributed by atoms with Gasteiger partial charge in [-0.25, -0.2) is 0 Å². The fraction of sp³-hybridized carbons (Fsp3) is 0.400. The summed E-state index contributed by atoms with van der Waals surface area (Å²) in [6, 6.07) is 5.34. The number of likely N-dealkylation sites (tertiary alicyclic amines) is 1. The van der Waals surface area contributed by atoms with Crippen LogP contribution >= 0.6 is 0 Å². The number of piperidine rings is 1. The SMILES string of the molecule is CCN1CCC(=O)/C(=C/c2ccccc2C(F)(F)F)C1. The summed E-state index contributed by atoms with van der Waals surface area (Å²) in [7, 11) is 0. The van der Waals surface area contributed by atoms with E-state index in [1.165, 1.54) is 18.2 Å². The van der Waals surface area contributed by atoms with E-state index in [0.29, 0.717) is 25.1 Å². The van der Waals surface area contributed by atoms with Gasteiger partial charge in [0.1, 0.15) is 0 Å². The Morgan fingerprint density at radius 2 is 2.00 bits per heavy atom. The number of rotatable bonds is 2. The molecule has 1 aliphatic heterocycles. The largest absolute Gasteiger partial charge is 0.416 e. The first kappa shape index (κ1) is 14.8. The van der Waals surface area contributed by atoms with E-state index in [0.717, 1.165) is 12.6 Å². The molecule has 108 valence electrons. The Morgan fingerprint density at radius 3 is 2.65 bits per heavy atom. The molecule has 0 N–H and O–H groups in total. The standard InChI is InChI=1S/C15H16F3NO/c1-2-19-8-7-14(20)12(10-19)9-11-5-3-4-6-13(11)15(16,17)18/h3-6,9H,2,7-8,10H2,1H3/b12-9+. The second kappa shape index (κ2) is 5.79. The highest BCUT2D eigenvalue weighted by Crippen LogP contribution is 2.33. The quantitative estimate of drug-likeness (QED) is 0.775. The first-order valence-electron chi connectivity index (χ1n) is 6.54. The number of alkyl halides is 3. The molecule has 1 fully saturated rings. The molecule has 0 unspecified atom stereocenters. The van der Waals surface area contributed by atoms with Crippen LogP contribution < -0.4 is 0 Å². The second-order valence-corrected chi connectivity index (χ2v) is 4.80. The minimum absolute atomic E-state index is 0.0568. The summed E-state index contributed by atoms with van der Waals surface area (Å²) in [4.78, 5) is 13.9. The van der Waals surface area contributed by atoms with E-state index in [1.54, 1.807) is 6.07 Å². The maximum atomic E-state index is 12.9. The summed E-state index contributed by atoms with van der Waals surface area (Å²) in [6.07, 6.45) is -2.66. The summed E-state index contributed by atoms with van der Waals surface area (Å²) >= 11 is 0. The van der Waals surface area contributed by atoms with Crippen molar-refractivity contribution in [2.45, 2.75) is 19.5 Å². The lowest BCUT2D eigenvalue weighted by Crippen LogP contribution is -2.35. The number of Topliss-reactive ketones (excluding diaryl/α,β-unsaturated/α-hetero) is 1. The van der Waals surface area contributed by atoms with Crippen molar-refractivity contribution in [3.8, 4) is 0 Å². The zero-order chi connectivity index (χ0) is 14.8. The topological polar surface area (TPSA) is 20.3 Å². The molecule has 2 nitrogen and oxygen atoms in total. The zero-order valence-electron chi connectivity index (χ0n) is 11.2. The third-order valence-corrected chi connectivity index (χ3v) is 3.45. The number of benzene rings is 1. The molecule has 0 bridgehead atoms. The van der Waals surface area contributed by atoms with Crippen molar-refractivity contribution < 1.29 is 18.0 Å². The van der Waals surface area contributed by atoms with Gasteiger partial charge in [0, 0.05) is 25.1 Å². The van der Waals surface area contributed by atoms with Crippen LogP contribution in [0.25, 0.3) is 6.08 Å². The monoisotopic (exact) mass is 283 g/mol. The van der Waals surface area contributed by atoms with Crippen molar-refractivity contribution in [3.05, 3.63) is 41.0 Å². The van der Waals surface area contributed by atoms with Gasteiger partial charge in [0.15, 0.2) is 5.78 Å². The summed E-state index contributed by atoms with van der Waals surface area (Å²) in [6.45, 7) is 3.84. The van der Waals surface area contributed by atoms with E-state index in [4.69, 9.17) is 0 Å². The van der Waals surface area contributed by atoms with E-state index in [-0.39, 0.29) is 11.3 Å². The first-order valence-corrected chi connectivity index (χ1v) is 6.54. The average Bonchev–Trinajstić information content (AvgIpc) is 2.41. The smallest absolute Gasteiger partial charge is 0.299 e. The second-order valence-electron chi connectivity index (χ2n) is 4.80. The Hall–Kier alpha value is -1.62. The number of nitrogens with zero attached hydrogens (tertiary/aromatic N) is 1. The van der Waals surface area contributed by atoms with Gasteiger partial charge in [-0.15, -0.1) is 0 Å². The van der Waals surface area contributed by atoms with Gasteiger partial charge >= 0.3 is 6.18 Å². The molecule has 5 heteroatoms. The van der Waals surface area contributed by atoms with Crippen LogP contribution in [0.15, 0.2) is 29.8 Å². The Labute approximate surface area is 115 Å². The molecule has 0 amide bonds. The third kappa shape index (κ3) is 3.28. The van der Waals surface area contributed by atoms with E-state index in [2.05, 4.69) is 0 Å². The highest BCUT2D eigenvalue weighted by atomic mass is 19.4. The zero-order valence-corrected chi connectivity index (χ0v) is 11.2. The molecule has 0 spiro atoms. The number of hydrogen-bond acceptors (Lipinski definition) is 2. The van der Waals surface area contributed by atoms with Gasteiger partial charge in [-0.3, -0.25) is 9.69 Å². The Morgan fingerprint density at radius 1 is 1.30 bits per heavy atom. The van der Waals surface area contributed by atoms with Crippen LogP contribution in [0.5, 0.6) is 0 Å². The van der Waals surface area contributed by atoms with Gasteiger partial charge in [-0.05, 0) is 24.3 Å². The Balaban J connectivity index is 2.37. The maximum Gasteiger partial charge on any atom is 0.416 e. The Bertz CT molecular complexity index is 534. The van der Waals surface area contributed by atoms with Crippen LogP contribution in [0, 0.1) is 0 Å². The highest BCUT2D eigenvalue weighted by molar-refractivity contribution is 6.00. The first-order chi connectivity index (χ1) is 9.41. The minimum Gasteiger partial charge on any atom is -0.299 e. The van der Waals surface area contributed by atoms with Gasteiger partial charge in [0.25, 0.3) is 0 Å². The molecular formula is C15H16F3NO. The number of likely N-dealkylation sites (N-methyl/N-ethyl adjacent to an activating group) is 1. The molecule has 0 atom stereocenters. The molecular weight excluding hydrogens is 267 g/mol. The van der Waals surface area contributed by atoms with Crippen molar-refractivity contribution in [2.75, 3.05) is 19.6 Å². The molecule has 1 aromatic rings. The molecule has 0 radical (unpaired) electrons. The van der Waals surface area contributed by atoms with Crippen molar-refractivity contribution in [1.29, 1.82) is 0 Å². The summed E-state index contributed by atoms with van der Waals surface area (Å²) in [5, 5.41) is 0. The normalized spacial score (nSPS) is 19.6. The van der Waals surface area contributed by atoms with Crippen molar-refractivity contribution >= 4 is 11.9 Å². The van der Waals surface area contributed by atoms with E-state index in [9.17, 15) is 18.0 Å². The fourth-order valence-corrected chi connectivity index (χ4v) is 2.29. The number of ketones is 1. The van der Waals surface area contributed by atoms with Crippen LogP contribution in [0.2, 0.25) is 0 Å². The molecule has 20 heavy (non-hydrogen) atoms. The van der Waals surface area contributed by atoms with E-state index < -0.39 is 11.7 Å². The minimum atomic E-state index is -4.41. The summed E-state index contributed by atoms with van der Waals surface area (Å²) in [5.41, 5.74) is -0.190. The summed E-state index contributed by atoms with van der Waals surface area (Å²) in [5.74, 6) is -0.0633. The van der Waals surface area contributed by atoms with Crippen LogP contribution in [0.3, 0.4) is 0 Å². The molecule has 1 saturated heterocycles. The van der Waals surface area contributed by atoms with Gasteiger partial charge in [-0.1, -0.05) is 25.1 Å². The molecule has 1 heterocycles. The van der Waals surface area contributed by atoms with Crippen molar-refractivity contribution in [1.82, 2.24) is 4.90 Å². The lowest BCUT2D eigenvalue weighted by atomic mass is 9.98. The molecule has 1 aliphatic rings. The van der Waals surface area contributed by atoms with Crippen LogP contribution in [0.4, 0.5) is 13.2 Å². The summed E-state index contributed by atoms with van der Waals surface area (Å²) < 4.78 is 38.8. The number of halogens is 3. The maximum absolute atomic E-state index is 12.9. The Kier molecular flexibility index (Phi) is 4.28. The van der Waals surface area contributed by atoms with Gasteiger partial charge in [0.2, 0.25) is 0 Å². The van der Waals surface area contributed by atoms with Gasteiger partial charge in [-0.2, -0.15) is 13.2 Å². The number of carbonyl (C=O) groups excluding carboxylic acids is 1. The molecule has 0 saturated carbocycles. The van der Waals surface area contributed by atoms with Crippen LogP contribution in [0.1, 0.15) is 24.5 Å². The molecule has 1 aromatic carbocycles. The number of carbonyl (C=O) groups is 1. The van der Waals surface area contributed by atoms with Crippen molar-refractivity contribution in [3.63, 3.8) is 0 Å². The predicted molar refractivity (Wildman–Crippen MR) is 71.2 cm³/mol. The van der Waals surface area contributed by atoms with Crippen molar-refractivity contribution in [2.24, 2.45) is 0 Å². The van der Waals surface area contributed by atoms with E-state index in [1.807, 2.05) is 11.8 Å². The lowest BCUT2D eigenvalue weighted by Gasteiger charge is -2.26. The number of hydrogen-bond donors (Lipinski definition) is 0. The predicted octanol–water partition coefficient (Wildman–Crippen LogP) is 3.38. The molecule has 0 aromatic heterocycles. The van der Waals surface area contributed by atoms with Crippen LogP contribution in [-0.2, 0) is 11.0 Å². The van der Waals surface area contributed by atoms with Gasteiger partial charge in [0.05, 0.1) is 5.56 Å². The third-order valence-electron chi connectivity index (χ3n) is 3.45. The van der Waals surface area contributed by atoms with Gasteiger partial charge < -0.3 is 0 Å². The van der Waals surface area contributed by atoms with E-state index >= 15 is 0 Å². The highest BCUT2D eigenvalue weighted by Gasteiger charge is 2.32. The average molecular weight is 283 g/mol.